The van der Waals surface area contributed by atoms with Gasteiger partial charge < -0.3 is 18.9 Å². The lowest BCUT2D eigenvalue weighted by atomic mass is 10.4. The molecule has 0 amide bonds. The fourth-order valence-corrected chi connectivity index (χ4v) is 1.18. The molecule has 0 rings (SSSR count). The minimum Gasteiger partial charge on any atom is -0.497 e. The third-order valence-corrected chi connectivity index (χ3v) is 2.12. The van der Waals surface area contributed by atoms with Crippen molar-refractivity contribution in [3.63, 3.8) is 0 Å². The quantitative estimate of drug-likeness (QED) is 0.525. The van der Waals surface area contributed by atoms with Gasteiger partial charge in [0.25, 0.3) is 0 Å². The van der Waals surface area contributed by atoms with Gasteiger partial charge in [0, 0.05) is 6.61 Å². The van der Waals surface area contributed by atoms with E-state index in [1.807, 2.05) is 27.7 Å². The Morgan fingerprint density at radius 3 is 2.00 bits per heavy atom. The molecule has 0 aromatic heterocycles. The molecule has 0 aliphatic heterocycles. The zero-order valence-electron chi connectivity index (χ0n) is 11.5. The molecule has 0 N–H and O–H groups in total. The summed E-state index contributed by atoms with van der Waals surface area (Å²) in [5.41, 5.74) is 0. The van der Waals surface area contributed by atoms with Crippen molar-refractivity contribution in [1.82, 2.24) is 0 Å². The van der Waals surface area contributed by atoms with Crippen LogP contribution in [0.5, 0.6) is 0 Å². The fourth-order valence-electron chi connectivity index (χ4n) is 1.18. The van der Waals surface area contributed by atoms with Crippen LogP contribution in [-0.4, -0.2) is 44.7 Å². The van der Waals surface area contributed by atoms with E-state index in [0.717, 1.165) is 6.61 Å². The van der Waals surface area contributed by atoms with E-state index in [1.54, 1.807) is 0 Å². The van der Waals surface area contributed by atoms with Crippen LogP contribution < -0.4 is 0 Å². The standard InChI is InChI=1S/C13H26O4/c1-6-14-8-11(3)16-10-13(5)17-9-12(4)15-7-2/h7,11-13H,2,6,8-10H2,1,3-5H3. The number of hydrogen-bond donors (Lipinski definition) is 0. The summed E-state index contributed by atoms with van der Waals surface area (Å²) in [5.74, 6) is 0. The van der Waals surface area contributed by atoms with Crippen molar-refractivity contribution in [1.29, 1.82) is 0 Å². The van der Waals surface area contributed by atoms with E-state index < -0.39 is 0 Å². The van der Waals surface area contributed by atoms with Gasteiger partial charge in [-0.25, -0.2) is 0 Å². The van der Waals surface area contributed by atoms with Gasteiger partial charge in [0.2, 0.25) is 0 Å². The minimum absolute atomic E-state index is 0.0239. The highest BCUT2D eigenvalue weighted by atomic mass is 16.6. The van der Waals surface area contributed by atoms with Crippen LogP contribution in [0.25, 0.3) is 0 Å². The van der Waals surface area contributed by atoms with Crippen molar-refractivity contribution in [2.75, 3.05) is 26.4 Å². The Morgan fingerprint density at radius 2 is 1.47 bits per heavy atom. The Labute approximate surface area is 105 Å². The Kier molecular flexibility index (Phi) is 10.2. The zero-order chi connectivity index (χ0) is 13.1. The second kappa shape index (κ2) is 10.6. The number of hydrogen-bond acceptors (Lipinski definition) is 4. The van der Waals surface area contributed by atoms with E-state index in [1.165, 1.54) is 6.26 Å². The molecule has 4 nitrogen and oxygen atoms in total. The van der Waals surface area contributed by atoms with E-state index in [0.29, 0.717) is 19.8 Å². The highest BCUT2D eigenvalue weighted by molar-refractivity contribution is 4.58. The van der Waals surface area contributed by atoms with Gasteiger partial charge in [-0.05, 0) is 27.7 Å². The van der Waals surface area contributed by atoms with E-state index in [9.17, 15) is 0 Å². The molecule has 0 aromatic rings. The molecule has 0 bridgehead atoms. The minimum atomic E-state index is 0.0239. The van der Waals surface area contributed by atoms with Gasteiger partial charge in [0.15, 0.2) is 0 Å². The smallest absolute Gasteiger partial charge is 0.118 e. The summed E-state index contributed by atoms with van der Waals surface area (Å²) in [6, 6.07) is 0. The highest BCUT2D eigenvalue weighted by Gasteiger charge is 2.09. The first kappa shape index (κ1) is 16.4. The Balaban J connectivity index is 3.51. The molecule has 3 unspecified atom stereocenters. The largest absolute Gasteiger partial charge is 0.497 e. The summed E-state index contributed by atoms with van der Waals surface area (Å²) in [6.07, 6.45) is 1.60. The van der Waals surface area contributed by atoms with Crippen molar-refractivity contribution < 1.29 is 18.9 Å². The third kappa shape index (κ3) is 10.3. The first-order chi connectivity index (χ1) is 8.10. The molecule has 0 aliphatic rings. The lowest BCUT2D eigenvalue weighted by Gasteiger charge is -2.19. The Hall–Kier alpha value is -0.580. The molecular weight excluding hydrogens is 220 g/mol. The molecule has 0 spiro atoms. The van der Waals surface area contributed by atoms with Crippen molar-refractivity contribution in [3.8, 4) is 0 Å². The maximum Gasteiger partial charge on any atom is 0.118 e. The van der Waals surface area contributed by atoms with Crippen molar-refractivity contribution in [3.05, 3.63) is 12.8 Å². The first-order valence-corrected chi connectivity index (χ1v) is 6.17. The van der Waals surface area contributed by atoms with E-state index in [-0.39, 0.29) is 18.3 Å². The second-order valence-corrected chi connectivity index (χ2v) is 4.06. The van der Waals surface area contributed by atoms with Crippen LogP contribution >= 0.6 is 0 Å². The van der Waals surface area contributed by atoms with Crippen LogP contribution in [0.15, 0.2) is 12.8 Å². The van der Waals surface area contributed by atoms with Gasteiger partial charge >= 0.3 is 0 Å². The summed E-state index contributed by atoms with van der Waals surface area (Å²) in [5, 5.41) is 0. The summed E-state index contributed by atoms with van der Waals surface area (Å²) in [4.78, 5) is 0. The molecule has 3 atom stereocenters. The van der Waals surface area contributed by atoms with Crippen LogP contribution in [0, 0.1) is 0 Å². The third-order valence-electron chi connectivity index (χ3n) is 2.12. The molecule has 17 heavy (non-hydrogen) atoms. The molecule has 0 radical (unpaired) electrons. The van der Waals surface area contributed by atoms with Crippen LogP contribution in [0.1, 0.15) is 27.7 Å². The van der Waals surface area contributed by atoms with Crippen LogP contribution in [-0.2, 0) is 18.9 Å². The highest BCUT2D eigenvalue weighted by Crippen LogP contribution is 2.00. The fraction of sp³-hybridized carbons (Fsp3) is 0.846. The number of rotatable bonds is 11. The van der Waals surface area contributed by atoms with Gasteiger partial charge in [-0.1, -0.05) is 6.58 Å². The Morgan fingerprint density at radius 1 is 0.941 bits per heavy atom. The molecule has 0 saturated heterocycles. The van der Waals surface area contributed by atoms with E-state index in [2.05, 4.69) is 6.58 Å². The predicted octanol–water partition coefficient (Wildman–Crippen LogP) is 2.38. The topological polar surface area (TPSA) is 36.9 Å². The molecule has 4 heteroatoms. The monoisotopic (exact) mass is 246 g/mol. The molecule has 0 heterocycles. The van der Waals surface area contributed by atoms with Crippen LogP contribution in [0.4, 0.5) is 0 Å². The predicted molar refractivity (Wildman–Crippen MR) is 68.1 cm³/mol. The lowest BCUT2D eigenvalue weighted by molar-refractivity contribution is -0.0703. The average Bonchev–Trinajstić information content (AvgIpc) is 2.31. The summed E-state index contributed by atoms with van der Waals surface area (Å²) < 4.78 is 21.6. The first-order valence-electron chi connectivity index (χ1n) is 6.17. The SMILES string of the molecule is C=COC(C)COC(C)COC(C)COCC. The molecule has 0 aliphatic carbocycles. The normalized spacial score (nSPS) is 16.2. The maximum atomic E-state index is 5.59. The summed E-state index contributed by atoms with van der Waals surface area (Å²) in [7, 11) is 0. The zero-order valence-corrected chi connectivity index (χ0v) is 11.5. The lowest BCUT2D eigenvalue weighted by Crippen LogP contribution is -2.26. The van der Waals surface area contributed by atoms with Crippen molar-refractivity contribution in [2.24, 2.45) is 0 Å². The molecule has 0 fully saturated rings. The van der Waals surface area contributed by atoms with Crippen molar-refractivity contribution >= 4 is 0 Å². The van der Waals surface area contributed by atoms with Crippen LogP contribution in [0.3, 0.4) is 0 Å². The molecule has 0 aromatic carbocycles. The van der Waals surface area contributed by atoms with Crippen molar-refractivity contribution in [2.45, 2.75) is 46.0 Å². The molecular formula is C13H26O4. The van der Waals surface area contributed by atoms with Gasteiger partial charge in [0.05, 0.1) is 38.3 Å². The van der Waals surface area contributed by atoms with Gasteiger partial charge in [-0.15, -0.1) is 0 Å². The van der Waals surface area contributed by atoms with Gasteiger partial charge in [-0.3, -0.25) is 0 Å². The second-order valence-electron chi connectivity index (χ2n) is 4.06. The van der Waals surface area contributed by atoms with E-state index in [4.69, 9.17) is 18.9 Å². The van der Waals surface area contributed by atoms with Crippen LogP contribution in [0.2, 0.25) is 0 Å². The van der Waals surface area contributed by atoms with E-state index >= 15 is 0 Å². The average molecular weight is 246 g/mol. The Bertz CT molecular complexity index is 184. The van der Waals surface area contributed by atoms with Gasteiger partial charge in [-0.2, -0.15) is 0 Å². The maximum absolute atomic E-state index is 5.59. The molecule has 102 valence electrons. The number of ether oxygens (including phenoxy) is 4. The van der Waals surface area contributed by atoms with Gasteiger partial charge in [0.1, 0.15) is 6.10 Å². The summed E-state index contributed by atoms with van der Waals surface area (Å²) in [6.45, 7) is 13.8. The summed E-state index contributed by atoms with van der Waals surface area (Å²) >= 11 is 0. The molecule has 0 saturated carbocycles.